The van der Waals surface area contributed by atoms with Crippen molar-refractivity contribution in [3.8, 4) is 5.75 Å². The largest absolute Gasteiger partial charge is 0.491 e. The number of nitrogens with zero attached hydrogens (tertiary/aromatic N) is 1. The van der Waals surface area contributed by atoms with E-state index in [2.05, 4.69) is 53.7 Å². The predicted molar refractivity (Wildman–Crippen MR) is 129 cm³/mol. The molecule has 0 saturated carbocycles. The zero-order valence-electron chi connectivity index (χ0n) is 20.2. The molecule has 32 heavy (non-hydrogen) atoms. The van der Waals surface area contributed by atoms with Crippen LogP contribution in [0, 0.1) is 0 Å². The highest BCUT2D eigenvalue weighted by Crippen LogP contribution is 2.50. The normalized spacial score (nSPS) is 23.1. The van der Waals surface area contributed by atoms with Crippen LogP contribution in [0.15, 0.2) is 42.6 Å². The van der Waals surface area contributed by atoms with Gasteiger partial charge in [-0.3, -0.25) is 4.98 Å². The van der Waals surface area contributed by atoms with Crippen LogP contribution in [0.1, 0.15) is 70.2 Å². The summed E-state index contributed by atoms with van der Waals surface area (Å²) in [5.41, 5.74) is 4.03. The van der Waals surface area contributed by atoms with Gasteiger partial charge in [-0.05, 0) is 89.0 Å². The van der Waals surface area contributed by atoms with Crippen molar-refractivity contribution in [2.45, 2.75) is 70.0 Å². The van der Waals surface area contributed by atoms with Gasteiger partial charge in [0.25, 0.3) is 0 Å². The smallest absolute Gasteiger partial charge is 0.141 e. The number of benzene rings is 1. The van der Waals surface area contributed by atoms with Gasteiger partial charge >= 0.3 is 0 Å². The minimum atomic E-state index is -0.131. The van der Waals surface area contributed by atoms with Crippen molar-refractivity contribution < 1.29 is 9.47 Å². The Morgan fingerprint density at radius 2 is 1.44 bits per heavy atom. The Hall–Kier alpha value is -1.95. The van der Waals surface area contributed by atoms with Crippen molar-refractivity contribution in [1.82, 2.24) is 15.6 Å². The van der Waals surface area contributed by atoms with Gasteiger partial charge in [0, 0.05) is 6.20 Å². The Morgan fingerprint density at radius 3 is 2.12 bits per heavy atom. The lowest BCUT2D eigenvalue weighted by atomic mass is 9.77. The van der Waals surface area contributed by atoms with Crippen LogP contribution in [0.2, 0.25) is 0 Å². The highest BCUT2D eigenvalue weighted by molar-refractivity contribution is 5.41. The van der Waals surface area contributed by atoms with Crippen molar-refractivity contribution in [1.29, 1.82) is 0 Å². The first kappa shape index (κ1) is 23.2. The van der Waals surface area contributed by atoms with Gasteiger partial charge in [-0.1, -0.05) is 38.1 Å². The van der Waals surface area contributed by atoms with Gasteiger partial charge in [0.05, 0.1) is 28.9 Å². The third kappa shape index (κ3) is 4.18. The molecule has 0 radical (unpaired) electrons. The van der Waals surface area contributed by atoms with Crippen LogP contribution in [-0.4, -0.2) is 37.8 Å². The summed E-state index contributed by atoms with van der Waals surface area (Å²) in [6.07, 6.45) is 6.35. The van der Waals surface area contributed by atoms with Gasteiger partial charge < -0.3 is 20.1 Å². The molecule has 2 aromatic rings. The van der Waals surface area contributed by atoms with E-state index < -0.39 is 0 Å². The van der Waals surface area contributed by atoms with E-state index in [-0.39, 0.29) is 16.6 Å². The SMILES string of the molecule is CC.CC1(C)OC2(CCNCC2)c2ccccc21.c1cnc2c(c1)OCC21CCNCC1. The van der Waals surface area contributed by atoms with Crippen molar-refractivity contribution in [3.63, 3.8) is 0 Å². The minimum Gasteiger partial charge on any atom is -0.491 e. The van der Waals surface area contributed by atoms with Crippen molar-refractivity contribution >= 4 is 0 Å². The molecule has 5 heterocycles. The fourth-order valence-corrected chi connectivity index (χ4v) is 5.68. The molecule has 174 valence electrons. The molecule has 4 aliphatic heterocycles. The number of rotatable bonds is 0. The average Bonchev–Trinajstić information content (AvgIpc) is 3.29. The van der Waals surface area contributed by atoms with Gasteiger partial charge in [-0.15, -0.1) is 0 Å². The van der Waals surface area contributed by atoms with Crippen LogP contribution in [0.5, 0.6) is 5.75 Å². The Morgan fingerprint density at radius 1 is 0.812 bits per heavy atom. The highest BCUT2D eigenvalue weighted by atomic mass is 16.5. The molecular formula is C27H39N3O2. The molecular weight excluding hydrogens is 398 g/mol. The molecule has 2 N–H and O–H groups in total. The molecule has 4 aliphatic rings. The summed E-state index contributed by atoms with van der Waals surface area (Å²) in [6.45, 7) is 13.5. The monoisotopic (exact) mass is 437 g/mol. The molecule has 0 atom stereocenters. The zero-order valence-corrected chi connectivity index (χ0v) is 20.2. The van der Waals surface area contributed by atoms with E-state index in [1.54, 1.807) is 0 Å². The number of aromatic nitrogens is 1. The first-order chi connectivity index (χ1) is 15.5. The Labute approximate surface area is 193 Å². The second kappa shape index (κ2) is 9.50. The van der Waals surface area contributed by atoms with Gasteiger partial charge in [0.2, 0.25) is 0 Å². The van der Waals surface area contributed by atoms with Gasteiger partial charge in [-0.2, -0.15) is 0 Å². The highest BCUT2D eigenvalue weighted by Gasteiger charge is 2.48. The molecule has 2 fully saturated rings. The maximum absolute atomic E-state index is 6.41. The third-order valence-electron chi connectivity index (χ3n) is 7.27. The van der Waals surface area contributed by atoms with Crippen LogP contribution in [-0.2, 0) is 21.4 Å². The number of nitrogens with one attached hydrogen (secondary N) is 2. The van der Waals surface area contributed by atoms with Crippen LogP contribution in [0.3, 0.4) is 0 Å². The van der Waals surface area contributed by atoms with E-state index in [1.807, 2.05) is 32.2 Å². The number of piperidine rings is 2. The minimum absolute atomic E-state index is 0.0225. The summed E-state index contributed by atoms with van der Waals surface area (Å²) in [5, 5.41) is 6.80. The number of pyridine rings is 1. The van der Waals surface area contributed by atoms with Crippen LogP contribution >= 0.6 is 0 Å². The molecule has 2 spiro atoms. The number of hydrogen-bond donors (Lipinski definition) is 2. The van der Waals surface area contributed by atoms with Crippen molar-refractivity contribution in [2.24, 2.45) is 0 Å². The summed E-state index contributed by atoms with van der Waals surface area (Å²) in [5.74, 6) is 0.995. The molecule has 0 bridgehead atoms. The van der Waals surface area contributed by atoms with Crippen LogP contribution in [0.25, 0.3) is 0 Å². The Bertz CT molecular complexity index is 894. The first-order valence-corrected chi connectivity index (χ1v) is 12.3. The standard InChI is InChI=1S/C14H19NO.C11H14N2O.C2H6/c1-13(2)11-5-3-4-6-12(11)14(16-13)7-9-15-10-8-14;1-2-9-10(13-5-1)11(8-14-9)3-6-12-7-4-11;1-2/h3-6,15H,7-10H2,1-2H3;1-2,5,12H,3-4,6-8H2;1-2H3. The summed E-state index contributed by atoms with van der Waals surface area (Å²) >= 11 is 0. The van der Waals surface area contributed by atoms with Crippen LogP contribution in [0.4, 0.5) is 0 Å². The lowest BCUT2D eigenvalue weighted by Gasteiger charge is -2.36. The zero-order chi connectivity index (χ0) is 22.7. The molecule has 1 aromatic heterocycles. The average molecular weight is 438 g/mol. The van der Waals surface area contributed by atoms with Gasteiger partial charge in [0.1, 0.15) is 5.75 Å². The van der Waals surface area contributed by atoms with Crippen molar-refractivity contribution in [2.75, 3.05) is 32.8 Å². The maximum Gasteiger partial charge on any atom is 0.141 e. The number of fused-ring (bicyclic) bond motifs is 4. The molecule has 5 heteroatoms. The summed E-state index contributed by atoms with van der Waals surface area (Å²) < 4.78 is 12.1. The summed E-state index contributed by atoms with van der Waals surface area (Å²) in [7, 11) is 0. The summed E-state index contributed by atoms with van der Waals surface area (Å²) in [4.78, 5) is 4.48. The lowest BCUT2D eigenvalue weighted by molar-refractivity contribution is -0.138. The van der Waals surface area contributed by atoms with Crippen LogP contribution < -0.4 is 15.4 Å². The number of hydrogen-bond acceptors (Lipinski definition) is 5. The van der Waals surface area contributed by atoms with Crippen molar-refractivity contribution in [3.05, 3.63) is 59.4 Å². The van der Waals surface area contributed by atoms with E-state index >= 15 is 0 Å². The number of ether oxygens (including phenoxy) is 2. The first-order valence-electron chi connectivity index (χ1n) is 12.3. The van der Waals surface area contributed by atoms with E-state index in [0.717, 1.165) is 64.2 Å². The Balaban J connectivity index is 0.000000143. The molecule has 5 nitrogen and oxygen atoms in total. The second-order valence-electron chi connectivity index (χ2n) is 9.57. The summed E-state index contributed by atoms with van der Waals surface area (Å²) in [6, 6.07) is 12.7. The molecule has 0 amide bonds. The molecule has 0 aliphatic carbocycles. The van der Waals surface area contributed by atoms with E-state index in [9.17, 15) is 0 Å². The second-order valence-corrected chi connectivity index (χ2v) is 9.57. The van der Waals surface area contributed by atoms with E-state index in [4.69, 9.17) is 9.47 Å². The fraction of sp³-hybridized carbons (Fsp3) is 0.593. The third-order valence-corrected chi connectivity index (χ3v) is 7.27. The molecule has 6 rings (SSSR count). The van der Waals surface area contributed by atoms with Gasteiger partial charge in [-0.25, -0.2) is 0 Å². The molecule has 1 aromatic carbocycles. The Kier molecular flexibility index (Phi) is 6.89. The quantitative estimate of drug-likeness (QED) is 0.628. The van der Waals surface area contributed by atoms with Gasteiger partial charge in [0.15, 0.2) is 0 Å². The predicted octanol–water partition coefficient (Wildman–Crippen LogP) is 4.65. The fourth-order valence-electron chi connectivity index (χ4n) is 5.68. The molecule has 0 unspecified atom stereocenters. The van der Waals surface area contributed by atoms with E-state index in [1.165, 1.54) is 16.8 Å². The molecule has 2 saturated heterocycles. The maximum atomic E-state index is 6.41. The topological polar surface area (TPSA) is 55.4 Å². The lowest BCUT2D eigenvalue weighted by Crippen LogP contribution is -2.41. The van der Waals surface area contributed by atoms with E-state index in [0.29, 0.717) is 0 Å².